The SMILES string of the molecule is O=C(CCC(=O)N(Cc1ccc(NC(=O)OCc2ccccc2)cc1)[C@H]1c2ccccc2C[C@H]1O)NO. The third-order valence-electron chi connectivity index (χ3n) is 6.28. The summed E-state index contributed by atoms with van der Waals surface area (Å²) < 4.78 is 5.25. The Balaban J connectivity index is 1.44. The van der Waals surface area contributed by atoms with Gasteiger partial charge >= 0.3 is 6.09 Å². The molecule has 9 nitrogen and oxygen atoms in total. The summed E-state index contributed by atoms with van der Waals surface area (Å²) in [5.74, 6) is -0.980. The lowest BCUT2D eigenvalue weighted by atomic mass is 10.0. The molecule has 1 aliphatic rings. The molecule has 1 aliphatic carbocycles. The summed E-state index contributed by atoms with van der Waals surface area (Å²) in [4.78, 5) is 38.4. The van der Waals surface area contributed by atoms with E-state index in [-0.39, 0.29) is 31.9 Å². The Bertz CT molecular complexity index is 1230. The Kier molecular flexibility index (Phi) is 8.50. The quantitative estimate of drug-likeness (QED) is 0.260. The number of rotatable bonds is 9. The number of benzene rings is 3. The Labute approximate surface area is 214 Å². The van der Waals surface area contributed by atoms with Crippen molar-refractivity contribution < 1.29 is 29.4 Å². The number of carbonyl (C=O) groups is 3. The number of fused-ring (bicyclic) bond motifs is 1. The van der Waals surface area contributed by atoms with Crippen molar-refractivity contribution in [1.82, 2.24) is 10.4 Å². The lowest BCUT2D eigenvalue weighted by Gasteiger charge is -2.32. The van der Waals surface area contributed by atoms with Gasteiger partial charge in [-0.25, -0.2) is 10.3 Å². The van der Waals surface area contributed by atoms with Gasteiger partial charge in [0, 0.05) is 31.5 Å². The van der Waals surface area contributed by atoms with Crippen molar-refractivity contribution in [1.29, 1.82) is 0 Å². The maximum Gasteiger partial charge on any atom is 0.411 e. The van der Waals surface area contributed by atoms with Crippen LogP contribution in [0.5, 0.6) is 0 Å². The van der Waals surface area contributed by atoms with E-state index in [4.69, 9.17) is 9.94 Å². The van der Waals surface area contributed by atoms with Gasteiger partial charge < -0.3 is 14.7 Å². The summed E-state index contributed by atoms with van der Waals surface area (Å²) in [5.41, 5.74) is 5.57. The molecule has 2 atom stereocenters. The van der Waals surface area contributed by atoms with E-state index in [1.807, 2.05) is 54.6 Å². The van der Waals surface area contributed by atoms with Gasteiger partial charge in [0.05, 0.1) is 12.1 Å². The van der Waals surface area contributed by atoms with Gasteiger partial charge in [0.15, 0.2) is 0 Å². The zero-order chi connectivity index (χ0) is 26.2. The molecule has 0 saturated heterocycles. The second-order valence-corrected chi connectivity index (χ2v) is 8.86. The number of nitrogens with one attached hydrogen (secondary N) is 2. The molecule has 9 heteroatoms. The normalized spacial score (nSPS) is 15.9. The number of ether oxygens (including phenoxy) is 1. The van der Waals surface area contributed by atoms with Gasteiger partial charge in [-0.15, -0.1) is 0 Å². The van der Waals surface area contributed by atoms with E-state index >= 15 is 0 Å². The van der Waals surface area contributed by atoms with Crippen molar-refractivity contribution in [2.24, 2.45) is 0 Å². The van der Waals surface area contributed by atoms with Crippen molar-refractivity contribution >= 4 is 23.6 Å². The Hall–Kier alpha value is -4.21. The molecule has 3 aromatic carbocycles. The smallest absolute Gasteiger partial charge is 0.411 e. The van der Waals surface area contributed by atoms with Gasteiger partial charge in [0.1, 0.15) is 6.61 Å². The number of carbonyl (C=O) groups excluding carboxylic acids is 3. The van der Waals surface area contributed by atoms with Crippen LogP contribution in [0.1, 0.15) is 41.1 Å². The van der Waals surface area contributed by atoms with Crippen LogP contribution < -0.4 is 10.8 Å². The van der Waals surface area contributed by atoms with Crippen molar-refractivity contribution in [3.63, 3.8) is 0 Å². The number of aliphatic hydroxyl groups excluding tert-OH is 1. The van der Waals surface area contributed by atoms with Crippen molar-refractivity contribution in [2.75, 3.05) is 5.32 Å². The summed E-state index contributed by atoms with van der Waals surface area (Å²) in [6, 6.07) is 23.3. The number of nitrogens with zero attached hydrogens (tertiary/aromatic N) is 1. The average molecular weight is 504 g/mol. The maximum atomic E-state index is 13.2. The standard InChI is InChI=1S/C28H29N3O6/c32-24-16-21-8-4-5-9-23(21)27(24)31(26(34)15-14-25(33)30-36)17-19-10-12-22(13-11-19)29-28(35)37-18-20-6-2-1-3-7-20/h1-13,24,27,32,36H,14-18H2,(H,29,35)(H,30,33)/t24-,27+/m1/s1. The van der Waals surface area contributed by atoms with Gasteiger partial charge in [-0.05, 0) is 34.4 Å². The highest BCUT2D eigenvalue weighted by atomic mass is 16.5. The molecule has 0 aliphatic heterocycles. The summed E-state index contributed by atoms with van der Waals surface area (Å²) in [7, 11) is 0. The third kappa shape index (κ3) is 6.72. The van der Waals surface area contributed by atoms with Gasteiger partial charge in [-0.3, -0.25) is 20.1 Å². The highest BCUT2D eigenvalue weighted by Crippen LogP contribution is 2.37. The van der Waals surface area contributed by atoms with Gasteiger partial charge in [-0.2, -0.15) is 0 Å². The van der Waals surface area contributed by atoms with Crippen molar-refractivity contribution in [3.8, 4) is 0 Å². The molecule has 192 valence electrons. The summed E-state index contributed by atoms with van der Waals surface area (Å²) in [6.45, 7) is 0.343. The van der Waals surface area contributed by atoms with E-state index in [0.717, 1.165) is 22.3 Å². The van der Waals surface area contributed by atoms with Crippen molar-refractivity contribution in [3.05, 3.63) is 101 Å². The largest absolute Gasteiger partial charge is 0.444 e. The number of aliphatic hydroxyl groups is 1. The molecular formula is C28H29N3O6. The highest BCUT2D eigenvalue weighted by molar-refractivity contribution is 5.85. The van der Waals surface area contributed by atoms with Gasteiger partial charge in [0.2, 0.25) is 11.8 Å². The first-order valence-electron chi connectivity index (χ1n) is 12.0. The first-order valence-corrected chi connectivity index (χ1v) is 12.0. The highest BCUT2D eigenvalue weighted by Gasteiger charge is 2.37. The summed E-state index contributed by atoms with van der Waals surface area (Å²) in [6.07, 6.45) is -1.24. The molecule has 0 bridgehead atoms. The maximum absolute atomic E-state index is 13.2. The molecule has 4 N–H and O–H groups in total. The van der Waals surface area contributed by atoms with E-state index in [9.17, 15) is 19.5 Å². The molecular weight excluding hydrogens is 474 g/mol. The molecule has 37 heavy (non-hydrogen) atoms. The minimum Gasteiger partial charge on any atom is -0.444 e. The minimum absolute atomic E-state index is 0.120. The molecule has 0 heterocycles. The fourth-order valence-electron chi connectivity index (χ4n) is 4.46. The molecule has 0 spiro atoms. The lowest BCUT2D eigenvalue weighted by Crippen LogP contribution is -2.39. The van der Waals surface area contributed by atoms with Crippen LogP contribution in [0.25, 0.3) is 0 Å². The number of hydrogen-bond donors (Lipinski definition) is 4. The molecule has 3 aromatic rings. The molecule has 0 fully saturated rings. The summed E-state index contributed by atoms with van der Waals surface area (Å²) in [5, 5.41) is 22.3. The lowest BCUT2D eigenvalue weighted by molar-refractivity contribution is -0.140. The van der Waals surface area contributed by atoms with Crippen LogP contribution in [0, 0.1) is 0 Å². The number of anilines is 1. The second kappa shape index (κ2) is 12.2. The van der Waals surface area contributed by atoms with Crippen LogP contribution in [0.4, 0.5) is 10.5 Å². The Morgan fingerprint density at radius 3 is 2.32 bits per heavy atom. The Morgan fingerprint density at radius 2 is 1.59 bits per heavy atom. The van der Waals surface area contributed by atoms with Crippen LogP contribution in [-0.4, -0.2) is 39.2 Å². The zero-order valence-corrected chi connectivity index (χ0v) is 20.2. The number of hydroxylamine groups is 1. The number of hydrogen-bond acceptors (Lipinski definition) is 6. The van der Waals surface area contributed by atoms with E-state index in [1.165, 1.54) is 5.48 Å². The van der Waals surface area contributed by atoms with E-state index < -0.39 is 24.1 Å². The molecule has 0 aromatic heterocycles. The van der Waals surface area contributed by atoms with Crippen molar-refractivity contribution in [2.45, 2.75) is 44.6 Å². The van der Waals surface area contributed by atoms with Crippen LogP contribution in [0.15, 0.2) is 78.9 Å². The summed E-state index contributed by atoms with van der Waals surface area (Å²) >= 11 is 0. The minimum atomic E-state index is -0.784. The molecule has 3 amide bonds. The number of amides is 3. The molecule has 0 unspecified atom stereocenters. The monoisotopic (exact) mass is 503 g/mol. The van der Waals surface area contributed by atoms with Crippen LogP contribution >= 0.6 is 0 Å². The van der Waals surface area contributed by atoms with Crippen LogP contribution in [-0.2, 0) is 33.9 Å². The molecule has 0 radical (unpaired) electrons. The third-order valence-corrected chi connectivity index (χ3v) is 6.28. The van der Waals surface area contributed by atoms with Gasteiger partial charge in [0.25, 0.3) is 0 Å². The average Bonchev–Trinajstić information content (AvgIpc) is 3.25. The zero-order valence-electron chi connectivity index (χ0n) is 20.2. The van der Waals surface area contributed by atoms with Crippen LogP contribution in [0.2, 0.25) is 0 Å². The van der Waals surface area contributed by atoms with Gasteiger partial charge in [-0.1, -0.05) is 66.7 Å². The van der Waals surface area contributed by atoms with E-state index in [1.54, 1.807) is 29.2 Å². The Morgan fingerprint density at radius 1 is 0.892 bits per heavy atom. The topological polar surface area (TPSA) is 128 Å². The fraction of sp³-hybridized carbons (Fsp3) is 0.250. The first-order chi connectivity index (χ1) is 17.9. The van der Waals surface area contributed by atoms with Crippen LogP contribution in [0.3, 0.4) is 0 Å². The predicted octanol–water partition coefficient (Wildman–Crippen LogP) is 3.71. The molecule has 0 saturated carbocycles. The molecule has 4 rings (SSSR count). The first kappa shape index (κ1) is 25.9. The van der Waals surface area contributed by atoms with E-state index in [0.29, 0.717) is 12.1 Å². The fourth-order valence-corrected chi connectivity index (χ4v) is 4.46. The predicted molar refractivity (Wildman–Crippen MR) is 135 cm³/mol. The van der Waals surface area contributed by atoms with E-state index in [2.05, 4.69) is 5.32 Å². The second-order valence-electron chi connectivity index (χ2n) is 8.86.